The molecule has 0 aliphatic rings. The number of nitrogens with zero attached hydrogens (tertiary/aromatic N) is 1. The number of hydrogen-bond donors (Lipinski definition) is 0. The molecule has 0 spiro atoms. The van der Waals surface area contributed by atoms with Gasteiger partial charge in [0, 0.05) is 6.04 Å². The Morgan fingerprint density at radius 3 is 1.67 bits per heavy atom. The third kappa shape index (κ3) is 10.2. The topological polar surface area (TPSA) is 3.24 Å². The summed E-state index contributed by atoms with van der Waals surface area (Å²) in [6, 6.07) is 0.773. The van der Waals surface area contributed by atoms with E-state index in [-0.39, 0.29) is 0 Å². The Balaban J connectivity index is 0. The second kappa shape index (κ2) is 10.5. The van der Waals surface area contributed by atoms with Gasteiger partial charge in [0.1, 0.15) is 0 Å². The van der Waals surface area contributed by atoms with Gasteiger partial charge in [-0.25, -0.2) is 0 Å². The highest BCUT2D eigenvalue weighted by Gasteiger charge is 2.15. The van der Waals surface area contributed by atoms with Crippen LogP contribution in [-0.4, -0.2) is 25.0 Å². The maximum atomic E-state index is 2.38. The molecule has 94 valence electrons. The largest absolute Gasteiger partial charge is 0.306 e. The van der Waals surface area contributed by atoms with Crippen molar-refractivity contribution in [3.8, 4) is 0 Å². The van der Waals surface area contributed by atoms with E-state index in [9.17, 15) is 0 Å². The minimum absolute atomic E-state index is 0.773. The quantitative estimate of drug-likeness (QED) is 0.634. The molecule has 2 atom stereocenters. The van der Waals surface area contributed by atoms with Crippen LogP contribution in [0.4, 0.5) is 0 Å². The van der Waals surface area contributed by atoms with Crippen LogP contribution >= 0.6 is 0 Å². The summed E-state index contributed by atoms with van der Waals surface area (Å²) in [7, 11) is 4.41. The molecule has 0 saturated heterocycles. The van der Waals surface area contributed by atoms with Gasteiger partial charge in [-0.2, -0.15) is 0 Å². The van der Waals surface area contributed by atoms with E-state index in [1.807, 2.05) is 13.8 Å². The van der Waals surface area contributed by atoms with E-state index in [1.165, 1.54) is 19.3 Å². The molecule has 0 saturated carbocycles. The minimum atomic E-state index is 0.773. The van der Waals surface area contributed by atoms with E-state index in [4.69, 9.17) is 0 Å². The van der Waals surface area contributed by atoms with E-state index in [0.717, 1.165) is 17.9 Å². The highest BCUT2D eigenvalue weighted by atomic mass is 15.1. The standard InChI is InChI=1S/C12H27N.C2H6/c1-7-11(4)9-12(13(5)6)8-10(2)3;1-2/h10-12H,7-9H2,1-6H3;1-2H3. The first-order valence-corrected chi connectivity index (χ1v) is 6.63. The first kappa shape index (κ1) is 17.4. The predicted molar refractivity (Wildman–Crippen MR) is 72.4 cm³/mol. The molecule has 15 heavy (non-hydrogen) atoms. The van der Waals surface area contributed by atoms with Gasteiger partial charge >= 0.3 is 0 Å². The lowest BCUT2D eigenvalue weighted by Crippen LogP contribution is -2.31. The molecule has 0 aromatic carbocycles. The second-order valence-electron chi connectivity index (χ2n) is 5.00. The molecular formula is C14H33N. The molecule has 0 heterocycles. The molecule has 2 unspecified atom stereocenters. The lowest BCUT2D eigenvalue weighted by Gasteiger charge is -2.28. The van der Waals surface area contributed by atoms with E-state index >= 15 is 0 Å². The molecule has 0 aliphatic heterocycles. The summed E-state index contributed by atoms with van der Waals surface area (Å²) in [5.74, 6) is 1.68. The fraction of sp³-hybridized carbons (Fsp3) is 1.00. The Morgan fingerprint density at radius 2 is 1.40 bits per heavy atom. The molecule has 0 N–H and O–H groups in total. The Morgan fingerprint density at radius 1 is 0.933 bits per heavy atom. The Bertz CT molecular complexity index is 119. The molecule has 0 aromatic rings. The third-order valence-corrected chi connectivity index (χ3v) is 2.85. The predicted octanol–water partition coefficient (Wildman–Crippen LogP) is 4.43. The zero-order chi connectivity index (χ0) is 12.4. The normalized spacial score (nSPS) is 14.8. The minimum Gasteiger partial charge on any atom is -0.306 e. The van der Waals surface area contributed by atoms with Crippen molar-refractivity contribution < 1.29 is 0 Å². The second-order valence-corrected chi connectivity index (χ2v) is 5.00. The third-order valence-electron chi connectivity index (χ3n) is 2.85. The lowest BCUT2D eigenvalue weighted by atomic mass is 9.93. The lowest BCUT2D eigenvalue weighted by molar-refractivity contribution is 0.216. The summed E-state index contributed by atoms with van der Waals surface area (Å²) in [5, 5.41) is 0. The fourth-order valence-corrected chi connectivity index (χ4v) is 1.69. The molecule has 1 nitrogen and oxygen atoms in total. The van der Waals surface area contributed by atoms with E-state index in [1.54, 1.807) is 0 Å². The zero-order valence-corrected chi connectivity index (χ0v) is 12.3. The van der Waals surface area contributed by atoms with Gasteiger partial charge in [0.05, 0.1) is 0 Å². The van der Waals surface area contributed by atoms with Gasteiger partial charge in [-0.1, -0.05) is 48.0 Å². The van der Waals surface area contributed by atoms with Crippen LogP contribution in [0, 0.1) is 11.8 Å². The number of rotatable bonds is 6. The zero-order valence-electron chi connectivity index (χ0n) is 12.3. The monoisotopic (exact) mass is 215 g/mol. The van der Waals surface area contributed by atoms with Crippen molar-refractivity contribution in [3.63, 3.8) is 0 Å². The van der Waals surface area contributed by atoms with Gasteiger partial charge in [0.2, 0.25) is 0 Å². The van der Waals surface area contributed by atoms with E-state index < -0.39 is 0 Å². The van der Waals surface area contributed by atoms with E-state index in [0.29, 0.717) is 0 Å². The number of hydrogen-bond acceptors (Lipinski definition) is 1. The average Bonchev–Trinajstić information content (AvgIpc) is 2.18. The fourth-order valence-electron chi connectivity index (χ4n) is 1.69. The van der Waals surface area contributed by atoms with Gasteiger partial charge in [-0.15, -0.1) is 0 Å². The summed E-state index contributed by atoms with van der Waals surface area (Å²) in [5.41, 5.74) is 0. The van der Waals surface area contributed by atoms with Gasteiger partial charge < -0.3 is 4.90 Å². The molecule has 0 radical (unpaired) electrons. The summed E-state index contributed by atoms with van der Waals surface area (Å²) in [4.78, 5) is 2.38. The Hall–Kier alpha value is -0.0400. The maximum absolute atomic E-state index is 2.38. The van der Waals surface area contributed by atoms with E-state index in [2.05, 4.69) is 46.7 Å². The van der Waals surface area contributed by atoms with Crippen LogP contribution < -0.4 is 0 Å². The molecule has 0 fully saturated rings. The Labute approximate surface area is 98.2 Å². The van der Waals surface area contributed by atoms with Crippen molar-refractivity contribution in [2.75, 3.05) is 14.1 Å². The van der Waals surface area contributed by atoms with Gasteiger partial charge in [-0.3, -0.25) is 0 Å². The van der Waals surface area contributed by atoms with Crippen molar-refractivity contribution in [1.82, 2.24) is 4.90 Å². The molecule has 0 aromatic heterocycles. The summed E-state index contributed by atoms with van der Waals surface area (Å²) in [6.45, 7) is 13.3. The summed E-state index contributed by atoms with van der Waals surface area (Å²) >= 11 is 0. The van der Waals surface area contributed by atoms with Crippen LogP contribution in [0.3, 0.4) is 0 Å². The molecular weight excluding hydrogens is 182 g/mol. The Kier molecular flexibility index (Phi) is 12.1. The van der Waals surface area contributed by atoms with Gasteiger partial charge in [0.25, 0.3) is 0 Å². The highest BCUT2D eigenvalue weighted by molar-refractivity contribution is 4.70. The van der Waals surface area contributed by atoms with Crippen LogP contribution in [0.2, 0.25) is 0 Å². The molecule has 0 bridgehead atoms. The van der Waals surface area contributed by atoms with Gasteiger partial charge in [-0.05, 0) is 38.8 Å². The SMILES string of the molecule is CC.CCC(C)CC(CC(C)C)N(C)C. The summed E-state index contributed by atoms with van der Waals surface area (Å²) in [6.07, 6.45) is 3.99. The first-order chi connectivity index (χ1) is 6.97. The molecule has 0 aliphatic carbocycles. The maximum Gasteiger partial charge on any atom is 0.00941 e. The van der Waals surface area contributed by atoms with Crippen molar-refractivity contribution in [3.05, 3.63) is 0 Å². The molecule has 0 rings (SSSR count). The van der Waals surface area contributed by atoms with Crippen LogP contribution in [0.25, 0.3) is 0 Å². The van der Waals surface area contributed by atoms with Crippen molar-refractivity contribution in [2.24, 2.45) is 11.8 Å². The van der Waals surface area contributed by atoms with Crippen LogP contribution in [0.1, 0.15) is 60.8 Å². The van der Waals surface area contributed by atoms with Crippen molar-refractivity contribution in [1.29, 1.82) is 0 Å². The average molecular weight is 215 g/mol. The van der Waals surface area contributed by atoms with Gasteiger partial charge in [0.15, 0.2) is 0 Å². The highest BCUT2D eigenvalue weighted by Crippen LogP contribution is 2.18. The van der Waals surface area contributed by atoms with Crippen LogP contribution in [0.15, 0.2) is 0 Å². The van der Waals surface area contributed by atoms with Crippen molar-refractivity contribution >= 4 is 0 Å². The van der Waals surface area contributed by atoms with Crippen LogP contribution in [0.5, 0.6) is 0 Å². The first-order valence-electron chi connectivity index (χ1n) is 6.63. The van der Waals surface area contributed by atoms with Crippen LogP contribution in [-0.2, 0) is 0 Å². The molecule has 1 heteroatoms. The van der Waals surface area contributed by atoms with Crippen molar-refractivity contribution in [2.45, 2.75) is 66.8 Å². The summed E-state index contributed by atoms with van der Waals surface area (Å²) < 4.78 is 0. The smallest absolute Gasteiger partial charge is 0.00941 e. The molecule has 0 amide bonds.